The summed E-state index contributed by atoms with van der Waals surface area (Å²) in [6, 6.07) is 0. The zero-order chi connectivity index (χ0) is 9.68. The molecule has 1 fully saturated rings. The van der Waals surface area contributed by atoms with Gasteiger partial charge in [-0.2, -0.15) is 0 Å². The summed E-state index contributed by atoms with van der Waals surface area (Å²) in [5, 5.41) is 11.2. The number of carbonyl (C=O) groups excluding carboxylic acids is 1. The highest BCUT2D eigenvalue weighted by Gasteiger charge is 2.31. The second-order valence-corrected chi connectivity index (χ2v) is 3.55. The van der Waals surface area contributed by atoms with E-state index in [1.807, 2.05) is 0 Å². The molecule has 4 nitrogen and oxygen atoms in total. The molecule has 1 saturated carbocycles. The van der Waals surface area contributed by atoms with Gasteiger partial charge in [0, 0.05) is 12.5 Å². The Morgan fingerprint density at radius 3 is 2.92 bits per heavy atom. The van der Waals surface area contributed by atoms with Crippen molar-refractivity contribution in [3.8, 4) is 0 Å². The van der Waals surface area contributed by atoms with E-state index >= 15 is 0 Å². The Balaban J connectivity index is 2.36. The third kappa shape index (κ3) is 2.67. The number of carbonyl (C=O) groups is 1. The second kappa shape index (κ2) is 5.19. The Hall–Kier alpha value is -0.610. The Morgan fingerprint density at radius 2 is 2.31 bits per heavy atom. The van der Waals surface area contributed by atoms with Gasteiger partial charge in [0.05, 0.1) is 6.61 Å². The van der Waals surface area contributed by atoms with Crippen LogP contribution in [0.1, 0.15) is 19.3 Å². The van der Waals surface area contributed by atoms with Crippen molar-refractivity contribution in [2.45, 2.75) is 19.3 Å². The van der Waals surface area contributed by atoms with Gasteiger partial charge in [0.25, 0.3) is 0 Å². The summed E-state index contributed by atoms with van der Waals surface area (Å²) in [5.74, 6) is 0.484. The third-order valence-electron chi connectivity index (χ3n) is 2.71. The number of nitrogens with two attached hydrogens (primary N) is 1. The Labute approximate surface area is 78.5 Å². The summed E-state index contributed by atoms with van der Waals surface area (Å²) in [6.45, 7) is 0.954. The van der Waals surface area contributed by atoms with E-state index in [9.17, 15) is 4.79 Å². The number of aliphatic hydroxyl groups is 1. The molecule has 0 radical (unpaired) electrons. The Kier molecular flexibility index (Phi) is 4.18. The standard InChI is InChI=1S/C9H18N2O2/c10-6-7-2-1-3-8(7)9(13)11-4-5-12/h7-8,12H,1-6,10H2,(H,11,13). The maximum absolute atomic E-state index is 11.5. The number of hydrogen-bond acceptors (Lipinski definition) is 3. The van der Waals surface area contributed by atoms with Crippen molar-refractivity contribution in [3.63, 3.8) is 0 Å². The first-order valence-corrected chi connectivity index (χ1v) is 4.88. The highest BCUT2D eigenvalue weighted by Crippen LogP contribution is 2.30. The summed E-state index contributed by atoms with van der Waals surface area (Å²) in [4.78, 5) is 11.5. The molecule has 2 unspecified atom stereocenters. The zero-order valence-corrected chi connectivity index (χ0v) is 7.83. The van der Waals surface area contributed by atoms with Crippen LogP contribution in [0.15, 0.2) is 0 Å². The van der Waals surface area contributed by atoms with Crippen LogP contribution in [0.2, 0.25) is 0 Å². The summed E-state index contributed by atoms with van der Waals surface area (Å²) in [5.41, 5.74) is 5.56. The minimum absolute atomic E-state index is 0.00571. The van der Waals surface area contributed by atoms with Gasteiger partial charge in [-0.1, -0.05) is 6.42 Å². The van der Waals surface area contributed by atoms with Crippen LogP contribution < -0.4 is 11.1 Å². The van der Waals surface area contributed by atoms with E-state index in [0.29, 0.717) is 19.0 Å². The zero-order valence-electron chi connectivity index (χ0n) is 7.83. The van der Waals surface area contributed by atoms with Gasteiger partial charge in [-0.05, 0) is 25.3 Å². The van der Waals surface area contributed by atoms with E-state index in [4.69, 9.17) is 10.8 Å². The molecule has 1 aliphatic rings. The Bertz CT molecular complexity index is 173. The molecular formula is C9H18N2O2. The molecule has 1 aliphatic carbocycles. The lowest BCUT2D eigenvalue weighted by atomic mass is 9.95. The SMILES string of the molecule is NCC1CCCC1C(=O)NCCO. The smallest absolute Gasteiger partial charge is 0.223 e. The minimum atomic E-state index is 0.00571. The van der Waals surface area contributed by atoms with Gasteiger partial charge < -0.3 is 16.2 Å². The van der Waals surface area contributed by atoms with Crippen molar-refractivity contribution >= 4 is 5.91 Å². The summed E-state index contributed by atoms with van der Waals surface area (Å²) >= 11 is 0. The highest BCUT2D eigenvalue weighted by molar-refractivity contribution is 5.79. The number of aliphatic hydroxyl groups excluding tert-OH is 1. The molecule has 0 aromatic heterocycles. The lowest BCUT2D eigenvalue weighted by molar-refractivity contribution is -0.126. The van der Waals surface area contributed by atoms with Crippen molar-refractivity contribution in [2.24, 2.45) is 17.6 Å². The lowest BCUT2D eigenvalue weighted by Crippen LogP contribution is -2.36. The highest BCUT2D eigenvalue weighted by atomic mass is 16.3. The molecule has 76 valence electrons. The third-order valence-corrected chi connectivity index (χ3v) is 2.71. The molecule has 4 N–H and O–H groups in total. The van der Waals surface area contributed by atoms with Crippen LogP contribution in [0, 0.1) is 11.8 Å². The largest absolute Gasteiger partial charge is 0.395 e. The van der Waals surface area contributed by atoms with Crippen LogP contribution in [0.3, 0.4) is 0 Å². The topological polar surface area (TPSA) is 75.4 Å². The average molecular weight is 186 g/mol. The fourth-order valence-corrected chi connectivity index (χ4v) is 1.97. The van der Waals surface area contributed by atoms with Crippen molar-refractivity contribution in [2.75, 3.05) is 19.7 Å². The predicted molar refractivity (Wildman–Crippen MR) is 50.0 cm³/mol. The lowest BCUT2D eigenvalue weighted by Gasteiger charge is -2.16. The van der Waals surface area contributed by atoms with E-state index in [1.165, 1.54) is 0 Å². The number of hydrogen-bond donors (Lipinski definition) is 3. The summed E-state index contributed by atoms with van der Waals surface area (Å²) < 4.78 is 0. The molecule has 0 spiro atoms. The van der Waals surface area contributed by atoms with Gasteiger partial charge >= 0.3 is 0 Å². The molecule has 4 heteroatoms. The van der Waals surface area contributed by atoms with E-state index < -0.39 is 0 Å². The number of rotatable bonds is 4. The molecule has 0 aromatic rings. The fourth-order valence-electron chi connectivity index (χ4n) is 1.97. The van der Waals surface area contributed by atoms with E-state index in [1.54, 1.807) is 0 Å². The molecule has 13 heavy (non-hydrogen) atoms. The van der Waals surface area contributed by atoms with Gasteiger partial charge in [0.2, 0.25) is 5.91 Å². The molecule has 0 heterocycles. The minimum Gasteiger partial charge on any atom is -0.395 e. The molecular weight excluding hydrogens is 168 g/mol. The van der Waals surface area contributed by atoms with Gasteiger partial charge in [-0.25, -0.2) is 0 Å². The van der Waals surface area contributed by atoms with Crippen LogP contribution in [0.4, 0.5) is 0 Å². The Morgan fingerprint density at radius 1 is 1.54 bits per heavy atom. The second-order valence-electron chi connectivity index (χ2n) is 3.55. The molecule has 1 amide bonds. The van der Waals surface area contributed by atoms with E-state index in [0.717, 1.165) is 19.3 Å². The van der Waals surface area contributed by atoms with Crippen LogP contribution in [0.5, 0.6) is 0 Å². The van der Waals surface area contributed by atoms with Crippen LogP contribution in [0.25, 0.3) is 0 Å². The summed E-state index contributed by atoms with van der Waals surface area (Å²) in [7, 11) is 0. The van der Waals surface area contributed by atoms with Crippen molar-refractivity contribution in [3.05, 3.63) is 0 Å². The van der Waals surface area contributed by atoms with Gasteiger partial charge in [-0.3, -0.25) is 4.79 Å². The maximum atomic E-state index is 11.5. The van der Waals surface area contributed by atoms with Crippen molar-refractivity contribution < 1.29 is 9.90 Å². The van der Waals surface area contributed by atoms with Gasteiger partial charge in [-0.15, -0.1) is 0 Å². The predicted octanol–water partition coefficient (Wildman–Crippen LogP) is -0.530. The van der Waals surface area contributed by atoms with Gasteiger partial charge in [0.15, 0.2) is 0 Å². The summed E-state index contributed by atoms with van der Waals surface area (Å²) in [6.07, 6.45) is 3.10. The first-order chi connectivity index (χ1) is 6.29. The molecule has 0 bridgehead atoms. The molecule has 0 aliphatic heterocycles. The molecule has 1 rings (SSSR count). The normalized spacial score (nSPS) is 27.5. The molecule has 0 saturated heterocycles. The van der Waals surface area contributed by atoms with E-state index in [-0.39, 0.29) is 18.4 Å². The first-order valence-electron chi connectivity index (χ1n) is 4.88. The molecule has 2 atom stereocenters. The van der Waals surface area contributed by atoms with Crippen LogP contribution in [-0.2, 0) is 4.79 Å². The van der Waals surface area contributed by atoms with Crippen LogP contribution in [-0.4, -0.2) is 30.7 Å². The maximum Gasteiger partial charge on any atom is 0.223 e. The molecule has 0 aromatic carbocycles. The van der Waals surface area contributed by atoms with E-state index in [2.05, 4.69) is 5.32 Å². The van der Waals surface area contributed by atoms with Crippen molar-refractivity contribution in [1.82, 2.24) is 5.32 Å². The number of amides is 1. The fraction of sp³-hybridized carbons (Fsp3) is 0.889. The number of nitrogens with one attached hydrogen (secondary N) is 1. The van der Waals surface area contributed by atoms with Crippen molar-refractivity contribution in [1.29, 1.82) is 0 Å². The monoisotopic (exact) mass is 186 g/mol. The van der Waals surface area contributed by atoms with Gasteiger partial charge in [0.1, 0.15) is 0 Å². The average Bonchev–Trinajstić information content (AvgIpc) is 2.61. The quantitative estimate of drug-likeness (QED) is 0.552. The first kappa shape index (κ1) is 10.5. The van der Waals surface area contributed by atoms with Crippen LogP contribution >= 0.6 is 0 Å².